The van der Waals surface area contributed by atoms with Gasteiger partial charge in [-0.05, 0) is 62.5 Å². The number of likely N-dealkylation sites (tertiary alicyclic amines) is 1. The number of ether oxygens (including phenoxy) is 2. The molecule has 2 aliphatic heterocycles. The Morgan fingerprint density at radius 1 is 1.28 bits per heavy atom. The molecule has 0 saturated carbocycles. The fraction of sp³-hybridized carbons (Fsp3) is 0.375. The summed E-state index contributed by atoms with van der Waals surface area (Å²) in [5.74, 6) is 2.19. The predicted molar refractivity (Wildman–Crippen MR) is 112 cm³/mol. The van der Waals surface area contributed by atoms with Crippen molar-refractivity contribution >= 4 is 11.9 Å². The van der Waals surface area contributed by atoms with E-state index in [1.807, 2.05) is 31.2 Å². The lowest BCUT2D eigenvalue weighted by molar-refractivity contribution is 0.101. The second-order valence-corrected chi connectivity index (χ2v) is 8.04. The molecule has 2 heterocycles. The number of phenolic OH excluding ortho intramolecular Hbond substituents is 1. The molecule has 0 unspecified atom stereocenters. The van der Waals surface area contributed by atoms with Crippen molar-refractivity contribution in [1.29, 1.82) is 0 Å². The summed E-state index contributed by atoms with van der Waals surface area (Å²) >= 11 is 0. The quantitative estimate of drug-likeness (QED) is 0.772. The van der Waals surface area contributed by atoms with Crippen LogP contribution in [0.1, 0.15) is 46.8 Å². The second-order valence-electron chi connectivity index (χ2n) is 8.04. The van der Waals surface area contributed by atoms with Crippen LogP contribution in [-0.4, -0.2) is 36.0 Å². The fourth-order valence-corrected chi connectivity index (χ4v) is 4.10. The Balaban J connectivity index is 1.69. The second kappa shape index (κ2) is 7.91. The number of aromatic hydroxyl groups is 1. The maximum atomic E-state index is 13.1. The molecule has 0 radical (unpaired) electrons. The summed E-state index contributed by atoms with van der Waals surface area (Å²) in [6.45, 7) is 6.66. The molecule has 0 bridgehead atoms. The molecular formula is C24H27NO4. The standard InChI is InChI=1S/C24H27NO4/c1-15-8-10-25(11-9-15)14-18-19(26)12-16(2)22-23(27)21(29-24(18)22)13-17-6-4-5-7-20(17)28-3/h4-7,12-13,15,26H,8-11,14H2,1-3H3/b21-13-. The van der Waals surface area contributed by atoms with Gasteiger partial charge in [0.1, 0.15) is 17.2 Å². The van der Waals surface area contributed by atoms with Gasteiger partial charge in [-0.25, -0.2) is 0 Å². The maximum absolute atomic E-state index is 13.1. The van der Waals surface area contributed by atoms with Crippen LogP contribution in [0.15, 0.2) is 36.1 Å². The van der Waals surface area contributed by atoms with E-state index in [-0.39, 0.29) is 17.3 Å². The minimum absolute atomic E-state index is 0.156. The number of hydrogen-bond acceptors (Lipinski definition) is 5. The number of carbonyl (C=O) groups excluding carboxylic acids is 1. The Kier molecular flexibility index (Phi) is 5.33. The number of nitrogens with zero attached hydrogens (tertiary/aromatic N) is 1. The van der Waals surface area contributed by atoms with Crippen molar-refractivity contribution < 1.29 is 19.4 Å². The molecule has 5 nitrogen and oxygen atoms in total. The van der Waals surface area contributed by atoms with Crippen LogP contribution in [0.3, 0.4) is 0 Å². The summed E-state index contributed by atoms with van der Waals surface area (Å²) in [5.41, 5.74) is 2.74. The molecule has 4 rings (SSSR count). The highest BCUT2D eigenvalue weighted by molar-refractivity contribution is 6.16. The van der Waals surface area contributed by atoms with Gasteiger partial charge >= 0.3 is 0 Å². The van der Waals surface area contributed by atoms with Crippen molar-refractivity contribution in [3.8, 4) is 17.2 Å². The first-order valence-corrected chi connectivity index (χ1v) is 10.1. The Hall–Kier alpha value is -2.79. The maximum Gasteiger partial charge on any atom is 0.232 e. The van der Waals surface area contributed by atoms with Crippen LogP contribution in [0.5, 0.6) is 17.2 Å². The minimum Gasteiger partial charge on any atom is -0.507 e. The first kappa shape index (κ1) is 19.5. The van der Waals surface area contributed by atoms with Crippen LogP contribution in [0.25, 0.3) is 6.08 Å². The SMILES string of the molecule is COc1ccccc1/C=C1\Oc2c(CN3CCC(C)CC3)c(O)cc(C)c2C1=O. The lowest BCUT2D eigenvalue weighted by Crippen LogP contribution is -2.32. The smallest absolute Gasteiger partial charge is 0.232 e. The number of methoxy groups -OCH3 is 1. The van der Waals surface area contributed by atoms with Gasteiger partial charge in [0.05, 0.1) is 18.2 Å². The number of piperidine rings is 1. The fourth-order valence-electron chi connectivity index (χ4n) is 4.10. The zero-order valence-corrected chi connectivity index (χ0v) is 17.2. The highest BCUT2D eigenvalue weighted by atomic mass is 16.5. The Labute approximate surface area is 171 Å². The van der Waals surface area contributed by atoms with Crippen LogP contribution < -0.4 is 9.47 Å². The van der Waals surface area contributed by atoms with Crippen LogP contribution in [0.2, 0.25) is 0 Å². The molecule has 2 aromatic rings. The number of carbonyl (C=O) groups is 1. The molecule has 2 aliphatic rings. The zero-order valence-electron chi connectivity index (χ0n) is 17.2. The third-order valence-corrected chi connectivity index (χ3v) is 5.90. The van der Waals surface area contributed by atoms with Crippen molar-refractivity contribution in [3.63, 3.8) is 0 Å². The van der Waals surface area contributed by atoms with Gasteiger partial charge in [0.25, 0.3) is 0 Å². The van der Waals surface area contributed by atoms with E-state index >= 15 is 0 Å². The third-order valence-electron chi connectivity index (χ3n) is 5.90. The number of hydrogen-bond donors (Lipinski definition) is 1. The average Bonchev–Trinajstić information content (AvgIpc) is 3.03. The molecule has 0 aromatic heterocycles. The number of fused-ring (bicyclic) bond motifs is 1. The number of aryl methyl sites for hydroxylation is 1. The normalized spacial score (nSPS) is 18.7. The third kappa shape index (κ3) is 3.75. The molecule has 1 N–H and O–H groups in total. The number of ketones is 1. The van der Waals surface area contributed by atoms with E-state index in [2.05, 4.69) is 11.8 Å². The predicted octanol–water partition coefficient (Wildman–Crippen LogP) is 4.56. The van der Waals surface area contributed by atoms with Crippen molar-refractivity contribution in [2.45, 2.75) is 33.2 Å². The summed E-state index contributed by atoms with van der Waals surface area (Å²) in [5, 5.41) is 10.6. The van der Waals surface area contributed by atoms with E-state index in [1.54, 1.807) is 19.3 Å². The molecule has 5 heteroatoms. The Morgan fingerprint density at radius 3 is 2.72 bits per heavy atom. The Bertz CT molecular complexity index is 971. The summed E-state index contributed by atoms with van der Waals surface area (Å²) in [6.07, 6.45) is 4.01. The molecule has 1 saturated heterocycles. The van der Waals surface area contributed by atoms with Crippen LogP contribution >= 0.6 is 0 Å². The van der Waals surface area contributed by atoms with E-state index < -0.39 is 0 Å². The van der Waals surface area contributed by atoms with E-state index in [4.69, 9.17) is 9.47 Å². The summed E-state index contributed by atoms with van der Waals surface area (Å²) in [4.78, 5) is 15.4. The van der Waals surface area contributed by atoms with Gasteiger partial charge in [-0.2, -0.15) is 0 Å². The Morgan fingerprint density at radius 2 is 2.00 bits per heavy atom. The van der Waals surface area contributed by atoms with Gasteiger partial charge in [-0.15, -0.1) is 0 Å². The molecule has 0 aliphatic carbocycles. The number of benzene rings is 2. The van der Waals surface area contributed by atoms with Gasteiger partial charge < -0.3 is 14.6 Å². The van der Waals surface area contributed by atoms with E-state index in [0.29, 0.717) is 29.2 Å². The number of para-hydroxylation sites is 1. The first-order chi connectivity index (χ1) is 14.0. The summed E-state index contributed by atoms with van der Waals surface area (Å²) < 4.78 is 11.4. The van der Waals surface area contributed by atoms with Gasteiger partial charge in [0.2, 0.25) is 5.78 Å². The topological polar surface area (TPSA) is 59.0 Å². The van der Waals surface area contributed by atoms with Crippen molar-refractivity contribution in [3.05, 3.63) is 58.3 Å². The van der Waals surface area contributed by atoms with E-state index in [0.717, 1.165) is 43.0 Å². The largest absolute Gasteiger partial charge is 0.507 e. The molecule has 0 atom stereocenters. The van der Waals surface area contributed by atoms with Crippen molar-refractivity contribution in [1.82, 2.24) is 4.90 Å². The van der Waals surface area contributed by atoms with Gasteiger partial charge in [-0.3, -0.25) is 9.69 Å². The molecule has 1 fully saturated rings. The van der Waals surface area contributed by atoms with Gasteiger partial charge in [0, 0.05) is 12.1 Å². The number of allylic oxidation sites excluding steroid dienone is 1. The monoisotopic (exact) mass is 393 g/mol. The molecule has 2 aromatic carbocycles. The summed E-state index contributed by atoms with van der Waals surface area (Å²) in [6, 6.07) is 9.17. The van der Waals surface area contributed by atoms with E-state index in [1.165, 1.54) is 0 Å². The average molecular weight is 393 g/mol. The van der Waals surface area contributed by atoms with E-state index in [9.17, 15) is 9.90 Å². The molecule has 0 amide bonds. The molecular weight excluding hydrogens is 366 g/mol. The highest BCUT2D eigenvalue weighted by Crippen LogP contribution is 2.43. The highest BCUT2D eigenvalue weighted by Gasteiger charge is 2.34. The number of Topliss-reactive ketones (excluding diaryl/α,β-unsaturated/α-hetero) is 1. The summed E-state index contributed by atoms with van der Waals surface area (Å²) in [7, 11) is 1.60. The molecule has 0 spiro atoms. The van der Waals surface area contributed by atoms with Crippen molar-refractivity contribution in [2.24, 2.45) is 5.92 Å². The van der Waals surface area contributed by atoms with Crippen LogP contribution in [-0.2, 0) is 6.54 Å². The van der Waals surface area contributed by atoms with Gasteiger partial charge in [0.15, 0.2) is 5.76 Å². The number of rotatable bonds is 4. The van der Waals surface area contributed by atoms with Gasteiger partial charge in [-0.1, -0.05) is 25.1 Å². The molecule has 152 valence electrons. The first-order valence-electron chi connectivity index (χ1n) is 10.1. The molecule has 29 heavy (non-hydrogen) atoms. The number of phenols is 1. The van der Waals surface area contributed by atoms with Crippen LogP contribution in [0.4, 0.5) is 0 Å². The lowest BCUT2D eigenvalue weighted by Gasteiger charge is -2.30. The lowest BCUT2D eigenvalue weighted by atomic mass is 9.96. The zero-order chi connectivity index (χ0) is 20.5. The minimum atomic E-state index is -0.156. The van der Waals surface area contributed by atoms with Crippen molar-refractivity contribution in [2.75, 3.05) is 20.2 Å². The van der Waals surface area contributed by atoms with Crippen LogP contribution in [0, 0.1) is 12.8 Å².